The van der Waals surface area contributed by atoms with Crippen molar-refractivity contribution >= 4 is 17.5 Å². The van der Waals surface area contributed by atoms with Gasteiger partial charge in [-0.1, -0.05) is 6.07 Å². The minimum Gasteiger partial charge on any atom is -0.326 e. The summed E-state index contributed by atoms with van der Waals surface area (Å²) in [5, 5.41) is 13.7. The topological polar surface area (TPSA) is 90.7 Å². The van der Waals surface area contributed by atoms with E-state index in [1.807, 2.05) is 18.2 Å². The average Bonchev–Trinajstić information content (AvgIpc) is 2.48. The first-order valence-electron chi connectivity index (χ1n) is 6.16. The number of nitrogens with one attached hydrogen (secondary N) is 2. The van der Waals surface area contributed by atoms with Crippen molar-refractivity contribution in [2.24, 2.45) is 0 Å². The second-order valence-electron chi connectivity index (χ2n) is 4.45. The number of aryl methyl sites for hydroxylation is 1. The number of anilines is 2. The summed E-state index contributed by atoms with van der Waals surface area (Å²) in [6, 6.07) is 5.84. The average molecular weight is 265 g/mol. The molecule has 0 saturated heterocycles. The number of benzene rings is 1. The molecule has 1 amide bonds. The number of aromatic nitrogens is 2. The van der Waals surface area contributed by atoms with Crippen LogP contribution >= 0.6 is 0 Å². The van der Waals surface area contributed by atoms with Gasteiger partial charge in [0.1, 0.15) is 0 Å². The molecule has 0 radical (unpaired) electrons. The van der Waals surface area contributed by atoms with Crippen LogP contribution in [0.5, 0.6) is 0 Å². The zero-order chi connectivity index (χ0) is 13.9. The minimum atomic E-state index is 0.0560. The molecule has 6 nitrogen and oxygen atoms in total. The van der Waals surface area contributed by atoms with Crippen LogP contribution in [0.15, 0.2) is 30.6 Å². The highest BCUT2D eigenvalue weighted by molar-refractivity contribution is 5.94. The molecule has 1 aromatic heterocycles. The molecule has 0 unspecified atom stereocenters. The Morgan fingerprint density at radius 1 is 1.20 bits per heavy atom. The van der Waals surface area contributed by atoms with Gasteiger partial charge in [-0.15, -0.1) is 0 Å². The van der Waals surface area contributed by atoms with Gasteiger partial charge in [0.25, 0.3) is 0 Å². The van der Waals surface area contributed by atoms with Crippen LogP contribution < -0.4 is 10.6 Å². The third-order valence-corrected chi connectivity index (χ3v) is 3.15. The number of nitrogens with zero attached hydrogens (tertiary/aromatic N) is 3. The van der Waals surface area contributed by atoms with Crippen molar-refractivity contribution in [3.63, 3.8) is 0 Å². The number of nitriles is 1. The summed E-state index contributed by atoms with van der Waals surface area (Å²) < 4.78 is 0. The van der Waals surface area contributed by atoms with Crippen LogP contribution in [0.1, 0.15) is 12.0 Å². The Balaban J connectivity index is 1.91. The van der Waals surface area contributed by atoms with Crippen molar-refractivity contribution in [2.45, 2.75) is 12.8 Å². The molecule has 98 valence electrons. The van der Waals surface area contributed by atoms with Gasteiger partial charge in [-0.25, -0.2) is 9.97 Å². The summed E-state index contributed by atoms with van der Waals surface area (Å²) in [4.78, 5) is 19.4. The predicted molar refractivity (Wildman–Crippen MR) is 73.7 cm³/mol. The fraction of sp³-hybridized carbons (Fsp3) is 0.143. The number of carbonyl (C=O) groups is 1. The molecule has 0 aliphatic carbocycles. The smallest absolute Gasteiger partial charge is 0.236 e. The molecular formula is C14H11N5O. The first-order chi connectivity index (χ1) is 9.76. The summed E-state index contributed by atoms with van der Waals surface area (Å²) in [6.07, 6.45) is 6.35. The third-order valence-electron chi connectivity index (χ3n) is 3.15. The lowest BCUT2D eigenvalue weighted by Crippen LogP contribution is -2.18. The van der Waals surface area contributed by atoms with E-state index in [2.05, 4.69) is 20.6 Å². The molecular weight excluding hydrogens is 254 g/mol. The number of hydrogen-bond acceptors (Lipinski definition) is 5. The van der Waals surface area contributed by atoms with Crippen LogP contribution in [-0.4, -0.2) is 15.9 Å². The van der Waals surface area contributed by atoms with Crippen molar-refractivity contribution in [3.8, 4) is 17.3 Å². The van der Waals surface area contributed by atoms with Gasteiger partial charge < -0.3 is 5.32 Å². The van der Waals surface area contributed by atoms with Crippen LogP contribution in [0.3, 0.4) is 0 Å². The Morgan fingerprint density at radius 2 is 2.00 bits per heavy atom. The largest absolute Gasteiger partial charge is 0.326 e. The molecule has 0 spiro atoms. The molecule has 0 atom stereocenters. The quantitative estimate of drug-likeness (QED) is 0.639. The maximum absolute atomic E-state index is 11.3. The van der Waals surface area contributed by atoms with Gasteiger partial charge in [0.15, 0.2) is 6.19 Å². The first-order valence-corrected chi connectivity index (χ1v) is 6.16. The molecule has 1 aliphatic heterocycles. The Bertz CT molecular complexity index is 702. The number of rotatable bonds is 2. The standard InChI is InChI=1S/C14H11N5O/c15-8-18-14-16-6-11(7-17-14)9-1-3-12-10(5-9)2-4-13(20)19-12/h1,3,5-7H,2,4H2,(H,19,20)(H,16,17,18). The zero-order valence-electron chi connectivity index (χ0n) is 10.6. The molecule has 2 heterocycles. The molecule has 0 bridgehead atoms. The Labute approximate surface area is 115 Å². The van der Waals surface area contributed by atoms with E-state index in [1.54, 1.807) is 18.6 Å². The third kappa shape index (κ3) is 2.29. The lowest BCUT2D eigenvalue weighted by molar-refractivity contribution is -0.116. The highest BCUT2D eigenvalue weighted by Gasteiger charge is 2.15. The van der Waals surface area contributed by atoms with Gasteiger partial charge in [-0.3, -0.25) is 10.1 Å². The lowest BCUT2D eigenvalue weighted by atomic mass is 9.98. The number of amides is 1. The Morgan fingerprint density at radius 3 is 2.75 bits per heavy atom. The summed E-state index contributed by atoms with van der Waals surface area (Å²) in [6.45, 7) is 0. The molecule has 20 heavy (non-hydrogen) atoms. The fourth-order valence-corrected chi connectivity index (χ4v) is 2.15. The number of fused-ring (bicyclic) bond motifs is 1. The molecule has 2 aromatic rings. The number of hydrogen-bond donors (Lipinski definition) is 2. The van der Waals surface area contributed by atoms with E-state index in [9.17, 15) is 4.79 Å². The van der Waals surface area contributed by atoms with E-state index in [-0.39, 0.29) is 11.9 Å². The minimum absolute atomic E-state index is 0.0560. The van der Waals surface area contributed by atoms with Gasteiger partial charge in [0.2, 0.25) is 11.9 Å². The van der Waals surface area contributed by atoms with E-state index in [0.717, 1.165) is 28.8 Å². The highest BCUT2D eigenvalue weighted by atomic mass is 16.1. The molecule has 1 aliphatic rings. The van der Waals surface area contributed by atoms with E-state index in [4.69, 9.17) is 5.26 Å². The van der Waals surface area contributed by atoms with E-state index in [1.165, 1.54) is 0 Å². The second kappa shape index (κ2) is 4.97. The van der Waals surface area contributed by atoms with Crippen LogP contribution in [0.4, 0.5) is 11.6 Å². The van der Waals surface area contributed by atoms with Gasteiger partial charge in [-0.05, 0) is 29.7 Å². The highest BCUT2D eigenvalue weighted by Crippen LogP contribution is 2.28. The van der Waals surface area contributed by atoms with Crippen molar-refractivity contribution in [2.75, 3.05) is 10.6 Å². The summed E-state index contributed by atoms with van der Waals surface area (Å²) in [7, 11) is 0. The molecule has 2 N–H and O–H groups in total. The van der Waals surface area contributed by atoms with Crippen LogP contribution in [0, 0.1) is 11.5 Å². The number of carbonyl (C=O) groups excluding carboxylic acids is 1. The molecule has 0 fully saturated rings. The van der Waals surface area contributed by atoms with Crippen molar-refractivity contribution in [1.82, 2.24) is 9.97 Å². The van der Waals surface area contributed by atoms with Crippen molar-refractivity contribution in [1.29, 1.82) is 5.26 Å². The van der Waals surface area contributed by atoms with Gasteiger partial charge in [0, 0.05) is 30.1 Å². The lowest BCUT2D eigenvalue weighted by Gasteiger charge is -2.17. The van der Waals surface area contributed by atoms with Gasteiger partial charge in [0.05, 0.1) is 0 Å². The molecule has 3 rings (SSSR count). The van der Waals surface area contributed by atoms with Crippen molar-refractivity contribution in [3.05, 3.63) is 36.2 Å². The Hall–Kier alpha value is -2.94. The SMILES string of the molecule is N#CNc1ncc(-c2ccc3c(c2)CCC(=O)N3)cn1. The second-order valence-corrected chi connectivity index (χ2v) is 4.45. The predicted octanol–water partition coefficient (Wildman–Crippen LogP) is 1.92. The fourth-order valence-electron chi connectivity index (χ4n) is 2.15. The van der Waals surface area contributed by atoms with Gasteiger partial charge >= 0.3 is 0 Å². The first kappa shape index (κ1) is 12.1. The van der Waals surface area contributed by atoms with E-state index in [0.29, 0.717) is 6.42 Å². The van der Waals surface area contributed by atoms with E-state index < -0.39 is 0 Å². The van der Waals surface area contributed by atoms with E-state index >= 15 is 0 Å². The zero-order valence-corrected chi connectivity index (χ0v) is 10.6. The summed E-state index contributed by atoms with van der Waals surface area (Å²) in [5.41, 5.74) is 3.84. The van der Waals surface area contributed by atoms with Gasteiger partial charge in [-0.2, -0.15) is 5.26 Å². The maximum Gasteiger partial charge on any atom is 0.236 e. The van der Waals surface area contributed by atoms with Crippen LogP contribution in [0.25, 0.3) is 11.1 Å². The monoisotopic (exact) mass is 265 g/mol. The van der Waals surface area contributed by atoms with Crippen molar-refractivity contribution < 1.29 is 4.79 Å². The molecule has 0 saturated carbocycles. The van der Waals surface area contributed by atoms with Crippen LogP contribution in [0.2, 0.25) is 0 Å². The maximum atomic E-state index is 11.3. The normalized spacial score (nSPS) is 13.1. The Kier molecular flexibility index (Phi) is 3.01. The summed E-state index contributed by atoms with van der Waals surface area (Å²) >= 11 is 0. The summed E-state index contributed by atoms with van der Waals surface area (Å²) in [5.74, 6) is 0.335. The molecule has 6 heteroatoms. The van der Waals surface area contributed by atoms with Crippen LogP contribution in [-0.2, 0) is 11.2 Å². The molecule has 1 aromatic carbocycles.